The van der Waals surface area contributed by atoms with Gasteiger partial charge in [0.2, 0.25) is 15.9 Å². The maximum Gasteiger partial charge on any atom is 0.252 e. The predicted molar refractivity (Wildman–Crippen MR) is 118 cm³/mol. The average Bonchev–Trinajstić information content (AvgIpc) is 3.45. The molecule has 1 saturated heterocycles. The topological polar surface area (TPSA) is 106 Å². The van der Waals surface area contributed by atoms with Crippen LogP contribution in [0.4, 0.5) is 5.69 Å². The molecule has 0 saturated carbocycles. The molecule has 1 aromatic heterocycles. The second-order valence-electron chi connectivity index (χ2n) is 7.29. The molecule has 1 atom stereocenters. The van der Waals surface area contributed by atoms with Crippen molar-refractivity contribution < 1.29 is 31.9 Å². The highest BCUT2D eigenvalue weighted by atomic mass is 32.2. The maximum absolute atomic E-state index is 13.6. The van der Waals surface area contributed by atoms with Gasteiger partial charge in [-0.25, -0.2) is 13.3 Å². The molecular weight excluding hydrogens is 448 g/mol. The SMILES string of the molecule is COc1ccc(N2C(=O)CC(N(Cc3ccco3)S(=O)(=O)c3ccc(OC)cc3)C2=O)cc1. The lowest BCUT2D eigenvalue weighted by molar-refractivity contribution is -0.122. The van der Waals surface area contributed by atoms with Gasteiger partial charge in [0.1, 0.15) is 23.3 Å². The van der Waals surface area contributed by atoms with E-state index in [0.29, 0.717) is 22.9 Å². The quantitative estimate of drug-likeness (QED) is 0.466. The number of amides is 2. The Morgan fingerprint density at radius 3 is 2.12 bits per heavy atom. The third-order valence-corrected chi connectivity index (χ3v) is 7.23. The number of ether oxygens (including phenoxy) is 2. The summed E-state index contributed by atoms with van der Waals surface area (Å²) in [6.45, 7) is -0.207. The van der Waals surface area contributed by atoms with Gasteiger partial charge in [-0.3, -0.25) is 9.59 Å². The normalized spacial score (nSPS) is 16.5. The fraction of sp³-hybridized carbons (Fsp3) is 0.217. The van der Waals surface area contributed by atoms with Crippen molar-refractivity contribution in [1.82, 2.24) is 4.31 Å². The third kappa shape index (κ3) is 4.35. The van der Waals surface area contributed by atoms with Crippen molar-refractivity contribution in [3.63, 3.8) is 0 Å². The Morgan fingerprint density at radius 1 is 0.970 bits per heavy atom. The number of hydrogen-bond acceptors (Lipinski definition) is 7. The molecule has 1 fully saturated rings. The Bertz CT molecular complexity index is 1240. The van der Waals surface area contributed by atoms with E-state index in [4.69, 9.17) is 13.9 Å². The van der Waals surface area contributed by atoms with E-state index in [2.05, 4.69) is 0 Å². The molecule has 9 nitrogen and oxygen atoms in total. The molecule has 0 bridgehead atoms. The molecule has 0 radical (unpaired) electrons. The molecule has 33 heavy (non-hydrogen) atoms. The van der Waals surface area contributed by atoms with Gasteiger partial charge in [-0.2, -0.15) is 4.31 Å². The summed E-state index contributed by atoms with van der Waals surface area (Å²) in [6, 6.07) is 14.2. The van der Waals surface area contributed by atoms with Crippen LogP contribution >= 0.6 is 0 Å². The number of carbonyl (C=O) groups excluding carboxylic acids is 2. The van der Waals surface area contributed by atoms with Gasteiger partial charge in [0.15, 0.2) is 0 Å². The van der Waals surface area contributed by atoms with Gasteiger partial charge in [0.05, 0.1) is 44.0 Å². The van der Waals surface area contributed by atoms with Gasteiger partial charge >= 0.3 is 0 Å². The molecule has 10 heteroatoms. The first-order valence-electron chi connectivity index (χ1n) is 10.0. The van der Waals surface area contributed by atoms with Crippen LogP contribution in [0, 0.1) is 0 Å². The van der Waals surface area contributed by atoms with Gasteiger partial charge in [0, 0.05) is 0 Å². The summed E-state index contributed by atoms with van der Waals surface area (Å²) in [5.41, 5.74) is 0.341. The van der Waals surface area contributed by atoms with Gasteiger partial charge in [-0.05, 0) is 60.7 Å². The van der Waals surface area contributed by atoms with Crippen molar-refractivity contribution in [2.45, 2.75) is 23.9 Å². The number of anilines is 1. The number of carbonyl (C=O) groups is 2. The van der Waals surface area contributed by atoms with Gasteiger partial charge in [0.25, 0.3) is 5.91 Å². The van der Waals surface area contributed by atoms with Crippen LogP contribution in [0.3, 0.4) is 0 Å². The lowest BCUT2D eigenvalue weighted by atomic mass is 10.2. The van der Waals surface area contributed by atoms with E-state index in [1.54, 1.807) is 36.4 Å². The molecule has 4 rings (SSSR count). The van der Waals surface area contributed by atoms with E-state index >= 15 is 0 Å². The van der Waals surface area contributed by atoms with E-state index in [1.807, 2.05) is 0 Å². The number of benzene rings is 2. The van der Waals surface area contributed by atoms with Crippen molar-refractivity contribution in [2.24, 2.45) is 0 Å². The summed E-state index contributed by atoms with van der Waals surface area (Å²) in [6.07, 6.45) is 1.12. The largest absolute Gasteiger partial charge is 0.497 e. The summed E-state index contributed by atoms with van der Waals surface area (Å²) < 4.78 is 43.7. The molecule has 1 aliphatic heterocycles. The lowest BCUT2D eigenvalue weighted by Gasteiger charge is -2.26. The molecule has 2 aromatic carbocycles. The highest BCUT2D eigenvalue weighted by Gasteiger charge is 2.47. The fourth-order valence-corrected chi connectivity index (χ4v) is 5.19. The number of methoxy groups -OCH3 is 2. The van der Waals surface area contributed by atoms with Crippen LogP contribution in [0.15, 0.2) is 76.2 Å². The Labute approximate surface area is 191 Å². The second kappa shape index (κ2) is 9.08. The molecule has 0 aliphatic carbocycles. The summed E-state index contributed by atoms with van der Waals surface area (Å²) in [5, 5.41) is 0. The zero-order valence-electron chi connectivity index (χ0n) is 18.0. The molecule has 0 N–H and O–H groups in total. The zero-order chi connectivity index (χ0) is 23.6. The minimum Gasteiger partial charge on any atom is -0.497 e. The van der Waals surface area contributed by atoms with Crippen LogP contribution in [0.25, 0.3) is 0 Å². The Balaban J connectivity index is 1.71. The van der Waals surface area contributed by atoms with Crippen molar-refractivity contribution in [1.29, 1.82) is 0 Å². The van der Waals surface area contributed by atoms with Gasteiger partial charge < -0.3 is 13.9 Å². The number of sulfonamides is 1. The Hall–Kier alpha value is -3.63. The van der Waals surface area contributed by atoms with Crippen LogP contribution in [0.2, 0.25) is 0 Å². The molecule has 172 valence electrons. The van der Waals surface area contributed by atoms with Crippen LogP contribution < -0.4 is 14.4 Å². The van der Waals surface area contributed by atoms with Crippen LogP contribution in [-0.2, 0) is 26.2 Å². The number of hydrogen-bond donors (Lipinski definition) is 0. The second-order valence-corrected chi connectivity index (χ2v) is 9.18. The van der Waals surface area contributed by atoms with Crippen LogP contribution in [0.5, 0.6) is 11.5 Å². The third-order valence-electron chi connectivity index (χ3n) is 5.36. The first-order chi connectivity index (χ1) is 15.8. The monoisotopic (exact) mass is 470 g/mol. The number of rotatable bonds is 8. The zero-order valence-corrected chi connectivity index (χ0v) is 18.8. The molecule has 3 aromatic rings. The lowest BCUT2D eigenvalue weighted by Crippen LogP contribution is -2.45. The molecular formula is C23H22N2O7S. The number of imide groups is 1. The Kier molecular flexibility index (Phi) is 6.21. The van der Waals surface area contributed by atoms with E-state index in [9.17, 15) is 18.0 Å². The fourth-order valence-electron chi connectivity index (χ4n) is 3.65. The van der Waals surface area contributed by atoms with E-state index < -0.39 is 27.9 Å². The van der Waals surface area contributed by atoms with Crippen molar-refractivity contribution in [3.05, 3.63) is 72.7 Å². The highest BCUT2D eigenvalue weighted by Crippen LogP contribution is 2.32. The summed E-state index contributed by atoms with van der Waals surface area (Å²) in [7, 11) is -1.18. The molecule has 0 spiro atoms. The van der Waals surface area contributed by atoms with E-state index in [-0.39, 0.29) is 17.9 Å². The van der Waals surface area contributed by atoms with Crippen molar-refractivity contribution in [3.8, 4) is 11.5 Å². The molecule has 2 heterocycles. The minimum atomic E-state index is -4.16. The number of nitrogens with zero attached hydrogens (tertiary/aromatic N) is 2. The molecule has 1 unspecified atom stereocenters. The summed E-state index contributed by atoms with van der Waals surface area (Å²) in [4.78, 5) is 27.1. The predicted octanol–water partition coefficient (Wildman–Crippen LogP) is 2.82. The van der Waals surface area contributed by atoms with Gasteiger partial charge in [-0.15, -0.1) is 0 Å². The van der Waals surface area contributed by atoms with E-state index in [0.717, 1.165) is 9.21 Å². The standard InChI is InChI=1S/C23H22N2O7S/c1-30-17-7-5-16(6-8-17)25-22(26)14-21(23(25)27)24(15-19-4-3-13-32-19)33(28,29)20-11-9-18(31-2)10-12-20/h3-13,21H,14-15H2,1-2H3. The van der Waals surface area contributed by atoms with Gasteiger partial charge in [-0.1, -0.05) is 0 Å². The smallest absolute Gasteiger partial charge is 0.252 e. The molecule has 2 amide bonds. The number of furan rings is 1. The van der Waals surface area contributed by atoms with Crippen molar-refractivity contribution in [2.75, 3.05) is 19.1 Å². The first kappa shape index (κ1) is 22.6. The van der Waals surface area contributed by atoms with Crippen LogP contribution in [-0.4, -0.2) is 44.8 Å². The summed E-state index contributed by atoms with van der Waals surface area (Å²) >= 11 is 0. The highest BCUT2D eigenvalue weighted by molar-refractivity contribution is 7.89. The van der Waals surface area contributed by atoms with E-state index in [1.165, 1.54) is 44.7 Å². The van der Waals surface area contributed by atoms with Crippen molar-refractivity contribution >= 4 is 27.5 Å². The first-order valence-corrected chi connectivity index (χ1v) is 11.5. The Morgan fingerprint density at radius 2 is 1.58 bits per heavy atom. The van der Waals surface area contributed by atoms with Crippen LogP contribution in [0.1, 0.15) is 12.2 Å². The average molecular weight is 471 g/mol. The maximum atomic E-state index is 13.6. The summed E-state index contributed by atoms with van der Waals surface area (Å²) in [5.74, 6) is 0.272. The molecule has 1 aliphatic rings. The minimum absolute atomic E-state index is 0.0296.